The van der Waals surface area contributed by atoms with Crippen LogP contribution in [0, 0.1) is 3.57 Å². The van der Waals surface area contributed by atoms with E-state index in [0.717, 1.165) is 11.3 Å². The number of hydrogen-bond acceptors (Lipinski definition) is 6. The normalized spacial score (nSPS) is 11.3. The van der Waals surface area contributed by atoms with Crippen LogP contribution in [0.4, 0.5) is 5.69 Å². The van der Waals surface area contributed by atoms with Crippen molar-refractivity contribution in [2.75, 3.05) is 25.6 Å². The van der Waals surface area contributed by atoms with Gasteiger partial charge >= 0.3 is 0 Å². The number of amides is 2. The highest BCUT2D eigenvalue weighted by Crippen LogP contribution is 2.32. The molecule has 0 aliphatic carbocycles. The van der Waals surface area contributed by atoms with Gasteiger partial charge in [-0.3, -0.25) is 9.59 Å². The summed E-state index contributed by atoms with van der Waals surface area (Å²) < 4.78 is 6.02. The monoisotopic (exact) mass is 598 g/mol. The van der Waals surface area contributed by atoms with E-state index in [2.05, 4.69) is 15.8 Å². The van der Waals surface area contributed by atoms with Crippen molar-refractivity contribution in [3.05, 3.63) is 92.7 Å². The van der Waals surface area contributed by atoms with Crippen LogP contribution in [0.2, 0.25) is 0 Å². The van der Waals surface area contributed by atoms with Crippen molar-refractivity contribution in [3.63, 3.8) is 0 Å². The molecule has 3 aromatic carbocycles. The van der Waals surface area contributed by atoms with Crippen LogP contribution in [-0.2, 0) is 4.79 Å². The number of halogens is 1. The molecule has 3 aromatic rings. The van der Waals surface area contributed by atoms with E-state index in [4.69, 9.17) is 4.74 Å². The van der Waals surface area contributed by atoms with Crippen LogP contribution < -0.4 is 20.4 Å². The fraction of sp³-hybridized carbons (Fsp3) is 0.148. The summed E-state index contributed by atoms with van der Waals surface area (Å²) in [5.41, 5.74) is 5.28. The third-order valence-corrected chi connectivity index (χ3v) is 5.80. The van der Waals surface area contributed by atoms with Gasteiger partial charge < -0.3 is 20.1 Å². The summed E-state index contributed by atoms with van der Waals surface area (Å²) in [7, 11) is 3.88. The Kier molecular flexibility index (Phi) is 9.46. The summed E-state index contributed by atoms with van der Waals surface area (Å²) in [6, 6.07) is 19.5. The molecule has 0 spiro atoms. The Bertz CT molecular complexity index is 1270. The molecular formula is C27H27IN4O4. The Morgan fingerprint density at radius 3 is 2.39 bits per heavy atom. The molecule has 0 bridgehead atoms. The quantitative estimate of drug-likeness (QED) is 0.147. The van der Waals surface area contributed by atoms with Crippen LogP contribution in [0.15, 0.2) is 77.5 Å². The molecule has 0 heterocycles. The van der Waals surface area contributed by atoms with Gasteiger partial charge in [0, 0.05) is 25.3 Å². The van der Waals surface area contributed by atoms with E-state index in [1.54, 1.807) is 42.5 Å². The molecule has 3 rings (SSSR count). The second kappa shape index (κ2) is 12.7. The molecule has 2 amide bonds. The molecule has 0 atom stereocenters. The third kappa shape index (κ3) is 7.32. The first-order chi connectivity index (χ1) is 17.3. The van der Waals surface area contributed by atoms with Crippen molar-refractivity contribution in [3.8, 4) is 11.5 Å². The topological polar surface area (TPSA) is 103 Å². The summed E-state index contributed by atoms with van der Waals surface area (Å²) in [6.45, 7) is 2.21. The summed E-state index contributed by atoms with van der Waals surface area (Å²) in [6.07, 6.45) is 3.02. The molecule has 0 saturated carbocycles. The summed E-state index contributed by atoms with van der Waals surface area (Å²) in [4.78, 5) is 27.7. The first kappa shape index (κ1) is 26.7. The maximum Gasteiger partial charge on any atom is 0.287 e. The van der Waals surface area contributed by atoms with Gasteiger partial charge in [0.05, 0.1) is 16.4 Å². The highest BCUT2D eigenvalue weighted by atomic mass is 127. The van der Waals surface area contributed by atoms with Crippen molar-refractivity contribution >= 4 is 52.4 Å². The second-order valence-corrected chi connectivity index (χ2v) is 9.01. The lowest BCUT2D eigenvalue weighted by atomic mass is 10.1. The van der Waals surface area contributed by atoms with Crippen molar-refractivity contribution in [2.24, 2.45) is 5.10 Å². The molecular weight excluding hydrogens is 571 g/mol. The number of benzene rings is 3. The number of hydrazone groups is 1. The summed E-state index contributed by atoms with van der Waals surface area (Å²) in [5, 5.41) is 16.8. The van der Waals surface area contributed by atoms with Gasteiger partial charge in [0.1, 0.15) is 5.70 Å². The predicted molar refractivity (Wildman–Crippen MR) is 150 cm³/mol. The van der Waals surface area contributed by atoms with Gasteiger partial charge in [0.2, 0.25) is 0 Å². The molecule has 0 fully saturated rings. The van der Waals surface area contributed by atoms with Gasteiger partial charge in [0.15, 0.2) is 11.5 Å². The lowest BCUT2D eigenvalue weighted by Crippen LogP contribution is -2.32. The lowest BCUT2D eigenvalue weighted by molar-refractivity contribution is -0.117. The van der Waals surface area contributed by atoms with E-state index in [0.29, 0.717) is 27.1 Å². The molecule has 9 heteroatoms. The first-order valence-corrected chi connectivity index (χ1v) is 12.2. The number of aromatic hydroxyl groups is 1. The fourth-order valence-corrected chi connectivity index (χ4v) is 3.76. The van der Waals surface area contributed by atoms with Gasteiger partial charge in [0.25, 0.3) is 11.8 Å². The molecule has 0 aromatic heterocycles. The Hall–Kier alpha value is -3.86. The second-order valence-electron chi connectivity index (χ2n) is 7.85. The molecule has 3 N–H and O–H groups in total. The van der Waals surface area contributed by atoms with Crippen LogP contribution in [-0.4, -0.2) is 43.8 Å². The number of anilines is 1. The molecule has 0 aliphatic heterocycles. The van der Waals surface area contributed by atoms with Crippen LogP contribution in [0.5, 0.6) is 11.5 Å². The predicted octanol–water partition coefficient (Wildman–Crippen LogP) is 4.38. The minimum Gasteiger partial charge on any atom is -0.504 e. The minimum absolute atomic E-state index is 0.0360. The van der Waals surface area contributed by atoms with Gasteiger partial charge in [-0.2, -0.15) is 5.10 Å². The van der Waals surface area contributed by atoms with E-state index in [-0.39, 0.29) is 11.4 Å². The van der Waals surface area contributed by atoms with Crippen molar-refractivity contribution in [2.45, 2.75) is 6.92 Å². The number of carbonyl (C=O) groups excluding carboxylic acids is 2. The van der Waals surface area contributed by atoms with Crippen molar-refractivity contribution in [1.82, 2.24) is 10.7 Å². The van der Waals surface area contributed by atoms with Crippen LogP contribution >= 0.6 is 22.6 Å². The number of carbonyl (C=O) groups is 2. The van der Waals surface area contributed by atoms with Crippen molar-refractivity contribution < 1.29 is 19.4 Å². The number of hydrogen-bond donors (Lipinski definition) is 3. The largest absolute Gasteiger partial charge is 0.504 e. The van der Waals surface area contributed by atoms with E-state index >= 15 is 0 Å². The first-order valence-electron chi connectivity index (χ1n) is 11.1. The Labute approximate surface area is 223 Å². The number of phenolic OH excluding ortho intramolecular Hbond substituents is 1. The highest BCUT2D eigenvalue weighted by Gasteiger charge is 2.15. The van der Waals surface area contributed by atoms with Gasteiger partial charge in [-0.15, -0.1) is 0 Å². The van der Waals surface area contributed by atoms with E-state index in [1.165, 1.54) is 6.21 Å². The molecule has 0 saturated heterocycles. The SMILES string of the molecule is CCOc1cc(C=NNC(=O)C(=Cc2ccc(N(C)C)cc2)NC(=O)c2ccccc2)cc(I)c1O. The van der Waals surface area contributed by atoms with Crippen LogP contribution in [0.25, 0.3) is 6.08 Å². The summed E-state index contributed by atoms with van der Waals surface area (Å²) in [5.74, 6) is -0.632. The zero-order valence-electron chi connectivity index (χ0n) is 20.2. The Morgan fingerprint density at radius 2 is 1.75 bits per heavy atom. The average Bonchev–Trinajstić information content (AvgIpc) is 2.87. The third-order valence-electron chi connectivity index (χ3n) is 4.98. The minimum atomic E-state index is -0.592. The maximum absolute atomic E-state index is 13.0. The number of nitrogens with zero attached hydrogens (tertiary/aromatic N) is 2. The summed E-state index contributed by atoms with van der Waals surface area (Å²) >= 11 is 1.99. The Morgan fingerprint density at radius 1 is 1.06 bits per heavy atom. The average molecular weight is 598 g/mol. The number of ether oxygens (including phenoxy) is 1. The lowest BCUT2D eigenvalue weighted by Gasteiger charge is -2.13. The Balaban J connectivity index is 1.83. The number of nitrogens with one attached hydrogen (secondary N) is 2. The molecule has 36 heavy (non-hydrogen) atoms. The van der Waals surface area contributed by atoms with Crippen molar-refractivity contribution in [1.29, 1.82) is 0 Å². The zero-order valence-corrected chi connectivity index (χ0v) is 22.3. The molecule has 0 radical (unpaired) electrons. The highest BCUT2D eigenvalue weighted by molar-refractivity contribution is 14.1. The van der Waals surface area contributed by atoms with Crippen LogP contribution in [0.1, 0.15) is 28.4 Å². The zero-order chi connectivity index (χ0) is 26.1. The molecule has 0 aliphatic rings. The standard InChI is InChI=1S/C27H27IN4O4/c1-4-36-24-16-19(14-22(28)25(24)33)17-29-31-27(35)23(30-26(34)20-8-6-5-7-9-20)15-18-10-12-21(13-11-18)32(2)3/h5-17,33H,4H2,1-3H3,(H,30,34)(H,31,35). The maximum atomic E-state index is 13.0. The van der Waals surface area contributed by atoms with E-state index in [9.17, 15) is 14.7 Å². The number of rotatable bonds is 9. The van der Waals surface area contributed by atoms with Gasteiger partial charge in [-0.25, -0.2) is 5.43 Å². The fourth-order valence-electron chi connectivity index (χ4n) is 3.14. The van der Waals surface area contributed by atoms with Crippen LogP contribution in [0.3, 0.4) is 0 Å². The molecule has 0 unspecified atom stereocenters. The van der Waals surface area contributed by atoms with Gasteiger partial charge in [-0.05, 0) is 83.1 Å². The van der Waals surface area contributed by atoms with E-state index in [1.807, 2.05) is 78.8 Å². The molecule has 186 valence electrons. The molecule has 8 nitrogen and oxygen atoms in total. The van der Waals surface area contributed by atoms with E-state index < -0.39 is 11.8 Å². The smallest absolute Gasteiger partial charge is 0.287 e. The van der Waals surface area contributed by atoms with Gasteiger partial charge in [-0.1, -0.05) is 30.3 Å². The number of phenols is 1.